The van der Waals surface area contributed by atoms with Gasteiger partial charge in [0.2, 0.25) is 0 Å². The molecule has 0 aromatic carbocycles. The summed E-state index contributed by atoms with van der Waals surface area (Å²) in [7, 11) is 0. The van der Waals surface area contributed by atoms with E-state index in [1.165, 1.54) is 0 Å². The largest absolute Gasteiger partial charge is 0.465 e. The molecule has 0 spiro atoms. The molecular formula is C11H17NO4. The van der Waals surface area contributed by atoms with E-state index in [4.69, 9.17) is 14.7 Å². The summed E-state index contributed by atoms with van der Waals surface area (Å²) in [6.07, 6.45) is 0.402. The predicted molar refractivity (Wildman–Crippen MR) is 56.2 cm³/mol. The fraction of sp³-hybridized carbons (Fsp3) is 0.727. The lowest BCUT2D eigenvalue weighted by Gasteiger charge is -2.17. The van der Waals surface area contributed by atoms with Crippen molar-refractivity contribution in [3.8, 4) is 6.07 Å². The fourth-order valence-electron chi connectivity index (χ4n) is 1.29. The maximum atomic E-state index is 11.5. The molecule has 0 heterocycles. The molecule has 0 N–H and O–H groups in total. The first-order chi connectivity index (χ1) is 7.62. The molecule has 0 saturated carbocycles. The average molecular weight is 227 g/mol. The van der Waals surface area contributed by atoms with Crippen molar-refractivity contribution in [2.45, 2.75) is 27.2 Å². The zero-order valence-corrected chi connectivity index (χ0v) is 9.86. The summed E-state index contributed by atoms with van der Waals surface area (Å²) in [5.41, 5.74) is 0. The number of nitrogens with zero attached hydrogens (tertiary/aromatic N) is 1. The quantitative estimate of drug-likeness (QED) is 0.504. The average Bonchev–Trinajstić information content (AvgIpc) is 2.25. The third kappa shape index (κ3) is 3.89. The fourth-order valence-corrected chi connectivity index (χ4v) is 1.29. The third-order valence-corrected chi connectivity index (χ3v) is 2.09. The van der Waals surface area contributed by atoms with Gasteiger partial charge in [-0.3, -0.25) is 9.59 Å². The van der Waals surface area contributed by atoms with Crippen molar-refractivity contribution in [3.63, 3.8) is 0 Å². The summed E-state index contributed by atoms with van der Waals surface area (Å²) < 4.78 is 9.53. The molecule has 0 aliphatic heterocycles. The lowest BCUT2D eigenvalue weighted by molar-refractivity contribution is -0.163. The van der Waals surface area contributed by atoms with Gasteiger partial charge >= 0.3 is 11.9 Å². The van der Waals surface area contributed by atoms with E-state index >= 15 is 0 Å². The number of rotatable bonds is 6. The van der Waals surface area contributed by atoms with Crippen LogP contribution >= 0.6 is 0 Å². The zero-order valence-electron chi connectivity index (χ0n) is 9.86. The Morgan fingerprint density at radius 3 is 1.81 bits per heavy atom. The van der Waals surface area contributed by atoms with E-state index in [-0.39, 0.29) is 13.2 Å². The molecule has 0 saturated heterocycles. The van der Waals surface area contributed by atoms with Crippen molar-refractivity contribution < 1.29 is 19.1 Å². The molecule has 0 fully saturated rings. The van der Waals surface area contributed by atoms with Gasteiger partial charge in [-0.2, -0.15) is 5.26 Å². The highest BCUT2D eigenvalue weighted by atomic mass is 16.6. The van der Waals surface area contributed by atoms with Crippen LogP contribution < -0.4 is 0 Å². The Bertz CT molecular complexity index is 264. The number of ether oxygens (including phenoxy) is 2. The summed E-state index contributed by atoms with van der Waals surface area (Å²) in [5.74, 6) is -3.20. The number of carbonyl (C=O) groups is 2. The van der Waals surface area contributed by atoms with E-state index in [1.807, 2.05) is 6.07 Å². The van der Waals surface area contributed by atoms with E-state index in [0.29, 0.717) is 6.42 Å². The first-order valence-electron chi connectivity index (χ1n) is 5.35. The molecule has 5 nitrogen and oxygen atoms in total. The molecule has 5 heteroatoms. The van der Waals surface area contributed by atoms with Gasteiger partial charge in [0.1, 0.15) is 0 Å². The predicted octanol–water partition coefficient (Wildman–Crippen LogP) is 1.28. The molecule has 0 aromatic heterocycles. The molecule has 0 aliphatic carbocycles. The Hall–Kier alpha value is -1.57. The van der Waals surface area contributed by atoms with Crippen LogP contribution in [0.2, 0.25) is 0 Å². The molecule has 1 atom stereocenters. The van der Waals surface area contributed by atoms with Crippen LogP contribution in [0.25, 0.3) is 0 Å². The van der Waals surface area contributed by atoms with Gasteiger partial charge in [-0.25, -0.2) is 0 Å². The Morgan fingerprint density at radius 1 is 1.12 bits per heavy atom. The van der Waals surface area contributed by atoms with E-state index in [0.717, 1.165) is 0 Å². The second kappa shape index (κ2) is 7.69. The number of esters is 2. The van der Waals surface area contributed by atoms with Crippen molar-refractivity contribution in [3.05, 3.63) is 0 Å². The zero-order chi connectivity index (χ0) is 12.6. The van der Waals surface area contributed by atoms with E-state index in [2.05, 4.69) is 0 Å². The highest BCUT2D eigenvalue weighted by Gasteiger charge is 2.36. The number of nitriles is 1. The van der Waals surface area contributed by atoms with Crippen LogP contribution in [0.5, 0.6) is 0 Å². The number of hydrogen-bond acceptors (Lipinski definition) is 5. The third-order valence-electron chi connectivity index (χ3n) is 2.09. The minimum Gasteiger partial charge on any atom is -0.465 e. The SMILES string of the molecule is CCOC(=O)C(C(=O)OCC)C(C#N)CC. The Morgan fingerprint density at radius 2 is 1.56 bits per heavy atom. The maximum Gasteiger partial charge on any atom is 0.321 e. The van der Waals surface area contributed by atoms with Gasteiger partial charge < -0.3 is 9.47 Å². The van der Waals surface area contributed by atoms with Crippen LogP contribution in [0.1, 0.15) is 27.2 Å². The van der Waals surface area contributed by atoms with Crippen molar-refractivity contribution in [1.29, 1.82) is 5.26 Å². The van der Waals surface area contributed by atoms with Gasteiger partial charge in [-0.1, -0.05) is 6.92 Å². The maximum absolute atomic E-state index is 11.5. The lowest BCUT2D eigenvalue weighted by atomic mass is 9.91. The van der Waals surface area contributed by atoms with Crippen LogP contribution in [0.4, 0.5) is 0 Å². The van der Waals surface area contributed by atoms with Gasteiger partial charge in [-0.15, -0.1) is 0 Å². The highest BCUT2D eigenvalue weighted by Crippen LogP contribution is 2.18. The van der Waals surface area contributed by atoms with Crippen LogP contribution in [-0.2, 0) is 19.1 Å². The van der Waals surface area contributed by atoms with Gasteiger partial charge in [0, 0.05) is 0 Å². The molecule has 1 unspecified atom stereocenters. The molecular weight excluding hydrogens is 210 g/mol. The summed E-state index contributed by atoms with van der Waals surface area (Å²) >= 11 is 0. The molecule has 0 radical (unpaired) electrons. The molecule has 0 aromatic rings. The normalized spacial score (nSPS) is 11.7. The molecule has 0 rings (SSSR count). The van der Waals surface area contributed by atoms with Gasteiger partial charge in [0.25, 0.3) is 0 Å². The Balaban J connectivity index is 4.82. The van der Waals surface area contributed by atoms with Crippen LogP contribution in [0.3, 0.4) is 0 Å². The molecule has 16 heavy (non-hydrogen) atoms. The van der Waals surface area contributed by atoms with Crippen molar-refractivity contribution in [2.75, 3.05) is 13.2 Å². The second-order valence-electron chi connectivity index (χ2n) is 3.13. The molecule has 0 bridgehead atoms. The lowest BCUT2D eigenvalue weighted by Crippen LogP contribution is -2.33. The summed E-state index contributed by atoms with van der Waals surface area (Å²) in [5, 5.41) is 8.87. The number of carbonyl (C=O) groups excluding carboxylic acids is 2. The summed E-state index contributed by atoms with van der Waals surface area (Å²) in [6.45, 7) is 5.38. The van der Waals surface area contributed by atoms with Crippen molar-refractivity contribution >= 4 is 11.9 Å². The van der Waals surface area contributed by atoms with Gasteiger partial charge in [-0.05, 0) is 20.3 Å². The topological polar surface area (TPSA) is 76.4 Å². The van der Waals surface area contributed by atoms with Crippen LogP contribution in [0.15, 0.2) is 0 Å². The second-order valence-corrected chi connectivity index (χ2v) is 3.13. The van der Waals surface area contributed by atoms with Gasteiger partial charge in [0.05, 0.1) is 25.2 Å². The number of hydrogen-bond donors (Lipinski definition) is 0. The molecule has 0 amide bonds. The van der Waals surface area contributed by atoms with E-state index in [1.54, 1.807) is 20.8 Å². The standard InChI is InChI=1S/C11H17NO4/c1-4-8(7-12)9(10(13)15-5-2)11(14)16-6-3/h8-9H,4-6H2,1-3H3. The minimum absolute atomic E-state index is 0.177. The van der Waals surface area contributed by atoms with Crippen molar-refractivity contribution in [2.24, 2.45) is 11.8 Å². The smallest absolute Gasteiger partial charge is 0.321 e. The monoisotopic (exact) mass is 227 g/mol. The first-order valence-corrected chi connectivity index (χ1v) is 5.35. The summed E-state index contributed by atoms with van der Waals surface area (Å²) in [4.78, 5) is 23.1. The molecule has 90 valence electrons. The van der Waals surface area contributed by atoms with Crippen LogP contribution in [-0.4, -0.2) is 25.2 Å². The van der Waals surface area contributed by atoms with Gasteiger partial charge in [0.15, 0.2) is 5.92 Å². The Kier molecular flexibility index (Phi) is 6.93. The summed E-state index contributed by atoms with van der Waals surface area (Å²) in [6, 6.07) is 1.93. The highest BCUT2D eigenvalue weighted by molar-refractivity contribution is 5.95. The molecule has 0 aliphatic rings. The Labute approximate surface area is 95.3 Å². The van der Waals surface area contributed by atoms with E-state index in [9.17, 15) is 9.59 Å². The first kappa shape index (κ1) is 14.4. The minimum atomic E-state index is -1.13. The van der Waals surface area contributed by atoms with Crippen molar-refractivity contribution in [1.82, 2.24) is 0 Å². The van der Waals surface area contributed by atoms with Crippen LogP contribution in [0, 0.1) is 23.2 Å². The van der Waals surface area contributed by atoms with E-state index < -0.39 is 23.8 Å².